The van der Waals surface area contributed by atoms with Gasteiger partial charge in [-0.2, -0.15) is 0 Å². The molecule has 0 aromatic rings. The molecule has 1 fully saturated rings. The summed E-state index contributed by atoms with van der Waals surface area (Å²) in [6, 6.07) is 0. The summed E-state index contributed by atoms with van der Waals surface area (Å²) in [7, 11) is 0. The van der Waals surface area contributed by atoms with Gasteiger partial charge in [-0.15, -0.1) is 0 Å². The van der Waals surface area contributed by atoms with Gasteiger partial charge in [0, 0.05) is 12.2 Å². The molecule has 1 saturated heterocycles. The minimum atomic E-state index is 0.747. The average molecular weight is 191 g/mol. The lowest BCUT2D eigenvalue weighted by atomic mass is 10.1. The van der Waals surface area contributed by atoms with E-state index in [9.17, 15) is 0 Å². The Morgan fingerprint density at radius 2 is 2.36 bits per heavy atom. The van der Waals surface area contributed by atoms with Crippen LogP contribution in [0.25, 0.3) is 0 Å². The molecule has 0 radical (unpaired) electrons. The summed E-state index contributed by atoms with van der Waals surface area (Å²) in [4.78, 5) is 2.32. The van der Waals surface area contributed by atoms with Gasteiger partial charge in [0.15, 0.2) is 0 Å². The van der Waals surface area contributed by atoms with Crippen molar-refractivity contribution in [1.29, 1.82) is 0 Å². The van der Waals surface area contributed by atoms with Crippen LogP contribution in [0.1, 0.15) is 19.8 Å². The molecule has 0 aromatic carbocycles. The molecule has 1 aliphatic carbocycles. The highest BCUT2D eigenvalue weighted by Gasteiger charge is 2.14. The number of hydrogen-bond donors (Lipinski definition) is 0. The summed E-state index contributed by atoms with van der Waals surface area (Å²) in [5, 5.41) is 0. The number of hydrogen-bond acceptors (Lipinski definition) is 2. The fourth-order valence-electron chi connectivity index (χ4n) is 1.88. The fourth-order valence-corrected chi connectivity index (χ4v) is 1.88. The lowest BCUT2D eigenvalue weighted by Gasteiger charge is -2.31. The molecule has 1 heterocycles. The monoisotopic (exact) mass is 191 g/mol. The first-order valence-electron chi connectivity index (χ1n) is 5.24. The van der Waals surface area contributed by atoms with Crippen molar-refractivity contribution in [1.82, 2.24) is 4.90 Å². The van der Waals surface area contributed by atoms with Gasteiger partial charge in [-0.25, -0.2) is 0 Å². The van der Waals surface area contributed by atoms with E-state index >= 15 is 0 Å². The van der Waals surface area contributed by atoms with E-state index in [4.69, 9.17) is 4.74 Å². The van der Waals surface area contributed by atoms with E-state index in [1.807, 2.05) is 0 Å². The third-order valence-corrected chi connectivity index (χ3v) is 2.64. The lowest BCUT2D eigenvalue weighted by molar-refractivity contribution is 0.00679. The highest BCUT2D eigenvalue weighted by atomic mass is 16.5. The molecule has 0 spiro atoms. The van der Waals surface area contributed by atoms with Crippen molar-refractivity contribution in [2.24, 2.45) is 0 Å². The SMILES string of the molecule is CC1=CC=CCC=C1N1CCCOC1. The second-order valence-electron chi connectivity index (χ2n) is 3.76. The molecule has 0 atom stereocenters. The zero-order chi connectivity index (χ0) is 9.80. The third kappa shape index (κ3) is 2.07. The third-order valence-electron chi connectivity index (χ3n) is 2.64. The molecule has 0 aromatic heterocycles. The summed E-state index contributed by atoms with van der Waals surface area (Å²) in [6.07, 6.45) is 10.9. The highest BCUT2D eigenvalue weighted by molar-refractivity contribution is 5.34. The zero-order valence-electron chi connectivity index (χ0n) is 8.70. The summed E-state index contributed by atoms with van der Waals surface area (Å²) in [6.45, 7) is 4.94. The van der Waals surface area contributed by atoms with E-state index in [2.05, 4.69) is 36.1 Å². The molecule has 0 amide bonds. The van der Waals surface area contributed by atoms with Crippen molar-refractivity contribution >= 4 is 0 Å². The Morgan fingerprint density at radius 1 is 1.43 bits per heavy atom. The van der Waals surface area contributed by atoms with E-state index in [-0.39, 0.29) is 0 Å². The van der Waals surface area contributed by atoms with Crippen LogP contribution in [0.2, 0.25) is 0 Å². The Hall–Kier alpha value is -1.02. The maximum absolute atomic E-state index is 5.46. The van der Waals surface area contributed by atoms with Gasteiger partial charge >= 0.3 is 0 Å². The van der Waals surface area contributed by atoms with Gasteiger partial charge in [0.05, 0.1) is 6.61 Å². The maximum atomic E-state index is 5.46. The van der Waals surface area contributed by atoms with Crippen molar-refractivity contribution < 1.29 is 4.74 Å². The second kappa shape index (κ2) is 4.47. The molecular formula is C12H17NO. The minimum absolute atomic E-state index is 0.747. The Balaban J connectivity index is 2.11. The van der Waals surface area contributed by atoms with Crippen LogP contribution in [0.4, 0.5) is 0 Å². The molecule has 2 aliphatic rings. The van der Waals surface area contributed by atoms with Gasteiger partial charge in [-0.1, -0.05) is 24.3 Å². The molecule has 0 N–H and O–H groups in total. The second-order valence-corrected chi connectivity index (χ2v) is 3.76. The number of rotatable bonds is 1. The predicted octanol–water partition coefficient (Wildman–Crippen LogP) is 2.46. The molecule has 0 unspecified atom stereocenters. The van der Waals surface area contributed by atoms with Crippen LogP contribution in [0, 0.1) is 0 Å². The smallest absolute Gasteiger partial charge is 0.118 e. The highest BCUT2D eigenvalue weighted by Crippen LogP contribution is 2.20. The van der Waals surface area contributed by atoms with Crippen LogP contribution in [-0.2, 0) is 4.74 Å². The molecular weight excluding hydrogens is 174 g/mol. The van der Waals surface area contributed by atoms with Crippen LogP contribution in [0.15, 0.2) is 35.6 Å². The maximum Gasteiger partial charge on any atom is 0.118 e. The van der Waals surface area contributed by atoms with Crippen LogP contribution in [0.3, 0.4) is 0 Å². The van der Waals surface area contributed by atoms with Crippen molar-refractivity contribution in [3.63, 3.8) is 0 Å². The van der Waals surface area contributed by atoms with Crippen LogP contribution in [0.5, 0.6) is 0 Å². The number of nitrogens with zero attached hydrogens (tertiary/aromatic N) is 1. The molecule has 2 rings (SSSR count). The zero-order valence-corrected chi connectivity index (χ0v) is 8.70. The topological polar surface area (TPSA) is 12.5 Å². The summed E-state index contributed by atoms with van der Waals surface area (Å²) in [5.74, 6) is 0. The van der Waals surface area contributed by atoms with Crippen molar-refractivity contribution in [2.75, 3.05) is 19.9 Å². The average Bonchev–Trinajstić information content (AvgIpc) is 2.44. The van der Waals surface area contributed by atoms with Crippen molar-refractivity contribution in [3.05, 3.63) is 35.6 Å². The van der Waals surface area contributed by atoms with E-state index in [1.54, 1.807) is 0 Å². The summed E-state index contributed by atoms with van der Waals surface area (Å²) >= 11 is 0. The number of allylic oxidation sites excluding steroid dienone is 5. The summed E-state index contributed by atoms with van der Waals surface area (Å²) < 4.78 is 5.46. The fraction of sp³-hybridized carbons (Fsp3) is 0.500. The van der Waals surface area contributed by atoms with Gasteiger partial charge in [0.1, 0.15) is 6.73 Å². The first kappa shape index (κ1) is 9.53. The van der Waals surface area contributed by atoms with E-state index in [1.165, 1.54) is 11.3 Å². The quantitative estimate of drug-likeness (QED) is 0.631. The molecule has 14 heavy (non-hydrogen) atoms. The van der Waals surface area contributed by atoms with Gasteiger partial charge in [-0.3, -0.25) is 0 Å². The molecule has 76 valence electrons. The predicted molar refractivity (Wildman–Crippen MR) is 57.7 cm³/mol. The first-order valence-corrected chi connectivity index (χ1v) is 5.24. The van der Waals surface area contributed by atoms with Crippen molar-refractivity contribution in [2.45, 2.75) is 19.8 Å². The summed E-state index contributed by atoms with van der Waals surface area (Å²) in [5.41, 5.74) is 2.68. The van der Waals surface area contributed by atoms with Crippen LogP contribution in [-0.4, -0.2) is 24.8 Å². The molecule has 0 bridgehead atoms. The largest absolute Gasteiger partial charge is 0.361 e. The number of ether oxygens (including phenoxy) is 1. The normalized spacial score (nSPS) is 22.8. The first-order chi connectivity index (χ1) is 6.88. The van der Waals surface area contributed by atoms with Gasteiger partial charge in [-0.05, 0) is 25.3 Å². The van der Waals surface area contributed by atoms with Gasteiger partial charge in [0.25, 0.3) is 0 Å². The Kier molecular flexibility index (Phi) is 3.04. The lowest BCUT2D eigenvalue weighted by Crippen LogP contribution is -2.32. The van der Waals surface area contributed by atoms with Crippen LogP contribution < -0.4 is 0 Å². The minimum Gasteiger partial charge on any atom is -0.361 e. The van der Waals surface area contributed by atoms with Crippen molar-refractivity contribution in [3.8, 4) is 0 Å². The molecule has 1 aliphatic heterocycles. The van der Waals surface area contributed by atoms with Crippen LogP contribution >= 0.6 is 0 Å². The molecule has 0 saturated carbocycles. The van der Waals surface area contributed by atoms with E-state index in [0.717, 1.165) is 32.7 Å². The Bertz CT molecular complexity index is 283. The molecule has 2 heteroatoms. The van der Waals surface area contributed by atoms with Gasteiger partial charge < -0.3 is 9.64 Å². The van der Waals surface area contributed by atoms with Gasteiger partial charge in [0.2, 0.25) is 0 Å². The standard InChI is InChI=1S/C12H17NO/c1-11-6-3-2-4-7-12(11)13-8-5-9-14-10-13/h2-3,6-7H,4-5,8-10H2,1H3. The van der Waals surface area contributed by atoms with E-state index in [0.29, 0.717) is 0 Å². The van der Waals surface area contributed by atoms with E-state index < -0.39 is 0 Å². The Labute approximate surface area is 85.5 Å². The molecule has 2 nitrogen and oxygen atoms in total. The Morgan fingerprint density at radius 3 is 3.14 bits per heavy atom.